The van der Waals surface area contributed by atoms with Crippen LogP contribution in [0.1, 0.15) is 18.9 Å². The lowest BCUT2D eigenvalue weighted by molar-refractivity contribution is 0.563. The zero-order valence-corrected chi connectivity index (χ0v) is 11.4. The summed E-state index contributed by atoms with van der Waals surface area (Å²) in [6, 6.07) is 5.65. The van der Waals surface area contributed by atoms with Crippen LogP contribution in [0.4, 0.5) is 0 Å². The molecule has 3 N–H and O–H groups in total. The highest BCUT2D eigenvalue weighted by Crippen LogP contribution is 2.20. The van der Waals surface area contributed by atoms with Crippen molar-refractivity contribution in [1.29, 1.82) is 5.26 Å². The van der Waals surface area contributed by atoms with Crippen molar-refractivity contribution < 1.29 is 8.42 Å². The van der Waals surface area contributed by atoms with Gasteiger partial charge in [0.15, 0.2) is 0 Å². The highest BCUT2D eigenvalue weighted by Gasteiger charge is 2.19. The number of halogens is 1. The molecule has 1 aromatic rings. The lowest BCUT2D eigenvalue weighted by Crippen LogP contribution is -2.36. The number of nitriles is 1. The summed E-state index contributed by atoms with van der Waals surface area (Å²) in [6.45, 7) is 1.98. The van der Waals surface area contributed by atoms with Gasteiger partial charge < -0.3 is 5.73 Å². The van der Waals surface area contributed by atoms with Crippen molar-refractivity contribution in [3.8, 4) is 6.07 Å². The predicted molar refractivity (Wildman–Crippen MR) is 69.6 cm³/mol. The smallest absolute Gasteiger partial charge is 0.241 e. The first-order valence-electron chi connectivity index (χ1n) is 5.35. The van der Waals surface area contributed by atoms with Crippen LogP contribution in [0.15, 0.2) is 23.1 Å². The number of nitrogens with two attached hydrogens (primary N) is 1. The lowest BCUT2D eigenvalue weighted by Gasteiger charge is -2.12. The Hall–Kier alpha value is -1.13. The number of benzene rings is 1. The minimum atomic E-state index is -3.77. The van der Waals surface area contributed by atoms with Gasteiger partial charge in [0.25, 0.3) is 0 Å². The number of hydrogen-bond acceptors (Lipinski definition) is 4. The number of sulfonamides is 1. The Morgan fingerprint density at radius 1 is 1.56 bits per heavy atom. The van der Waals surface area contributed by atoms with Gasteiger partial charge in [-0.25, -0.2) is 13.1 Å². The van der Waals surface area contributed by atoms with E-state index >= 15 is 0 Å². The van der Waals surface area contributed by atoms with Crippen molar-refractivity contribution in [2.45, 2.75) is 24.3 Å². The number of nitrogens with zero attached hydrogens (tertiary/aromatic N) is 1. The van der Waals surface area contributed by atoms with E-state index in [0.717, 1.165) is 0 Å². The first kappa shape index (κ1) is 14.9. The van der Waals surface area contributed by atoms with Crippen molar-refractivity contribution in [1.82, 2.24) is 4.72 Å². The molecule has 0 aliphatic heterocycles. The Morgan fingerprint density at radius 3 is 2.78 bits per heavy atom. The number of rotatable bonds is 5. The summed E-state index contributed by atoms with van der Waals surface area (Å²) in [5, 5.41) is 9.14. The molecule has 0 amide bonds. The molecule has 0 saturated heterocycles. The zero-order chi connectivity index (χ0) is 13.8. The summed E-state index contributed by atoms with van der Waals surface area (Å²) >= 11 is 5.74. The molecule has 5 nitrogen and oxygen atoms in total. The van der Waals surface area contributed by atoms with Crippen LogP contribution in [0, 0.1) is 11.3 Å². The third kappa shape index (κ3) is 3.68. The quantitative estimate of drug-likeness (QED) is 0.851. The molecule has 0 heterocycles. The van der Waals surface area contributed by atoms with E-state index in [0.29, 0.717) is 6.42 Å². The molecule has 0 radical (unpaired) electrons. The molecule has 1 unspecified atom stereocenters. The fraction of sp³-hybridized carbons (Fsp3) is 0.364. The Kier molecular flexibility index (Phi) is 5.11. The van der Waals surface area contributed by atoms with Crippen LogP contribution in [0.5, 0.6) is 0 Å². The van der Waals surface area contributed by atoms with Crippen LogP contribution < -0.4 is 10.5 Å². The average Bonchev–Trinajstić information content (AvgIpc) is 2.36. The van der Waals surface area contributed by atoms with E-state index in [1.54, 1.807) is 0 Å². The molecule has 0 bridgehead atoms. The number of nitrogens with one attached hydrogen (secondary N) is 1. The van der Waals surface area contributed by atoms with Gasteiger partial charge in [-0.05, 0) is 24.6 Å². The molecular formula is C11H14ClN3O2S. The van der Waals surface area contributed by atoms with Crippen molar-refractivity contribution in [2.75, 3.05) is 6.54 Å². The standard InChI is InChI=1S/C11H14ClN3O2S/c1-2-10(14)7-15-18(16,17)11-5-9(12)4-3-8(11)6-13/h3-5,10,15H,2,7,14H2,1H3. The summed E-state index contributed by atoms with van der Waals surface area (Å²) in [7, 11) is -3.77. The SMILES string of the molecule is CCC(N)CNS(=O)(=O)c1cc(Cl)ccc1C#N. The summed E-state index contributed by atoms with van der Waals surface area (Å²) in [5.41, 5.74) is 5.69. The highest BCUT2D eigenvalue weighted by atomic mass is 35.5. The Morgan fingerprint density at radius 2 is 2.22 bits per heavy atom. The van der Waals surface area contributed by atoms with Crippen LogP contribution in [0.25, 0.3) is 0 Å². The zero-order valence-electron chi connectivity index (χ0n) is 9.85. The molecule has 98 valence electrons. The summed E-state index contributed by atoms with van der Waals surface area (Å²) < 4.78 is 26.4. The molecular weight excluding hydrogens is 274 g/mol. The largest absolute Gasteiger partial charge is 0.327 e. The Bertz CT molecular complexity index is 566. The Balaban J connectivity index is 3.05. The van der Waals surface area contributed by atoms with Crippen molar-refractivity contribution >= 4 is 21.6 Å². The molecule has 0 fully saturated rings. The second kappa shape index (κ2) is 6.16. The average molecular weight is 288 g/mol. The molecule has 1 atom stereocenters. The molecule has 0 spiro atoms. The first-order valence-corrected chi connectivity index (χ1v) is 7.21. The van der Waals surface area contributed by atoms with Gasteiger partial charge in [-0.1, -0.05) is 18.5 Å². The van der Waals surface area contributed by atoms with Crippen LogP contribution in [-0.4, -0.2) is 21.0 Å². The summed E-state index contributed by atoms with van der Waals surface area (Å²) in [5.74, 6) is 0. The van der Waals surface area contributed by atoms with Crippen LogP contribution in [0.2, 0.25) is 5.02 Å². The molecule has 0 aromatic heterocycles. The van der Waals surface area contributed by atoms with Gasteiger partial charge in [-0.2, -0.15) is 5.26 Å². The maximum Gasteiger partial charge on any atom is 0.241 e. The fourth-order valence-corrected chi connectivity index (χ4v) is 2.76. The molecule has 1 aromatic carbocycles. The second-order valence-corrected chi connectivity index (χ2v) is 5.94. The van der Waals surface area contributed by atoms with Gasteiger partial charge in [0.2, 0.25) is 10.0 Å². The van der Waals surface area contributed by atoms with Gasteiger partial charge in [-0.15, -0.1) is 0 Å². The van der Waals surface area contributed by atoms with E-state index in [2.05, 4.69) is 4.72 Å². The van der Waals surface area contributed by atoms with E-state index in [9.17, 15) is 8.42 Å². The topological polar surface area (TPSA) is 96.0 Å². The third-order valence-corrected chi connectivity index (χ3v) is 4.11. The molecule has 0 aliphatic carbocycles. The van der Waals surface area contributed by atoms with E-state index in [4.69, 9.17) is 22.6 Å². The lowest BCUT2D eigenvalue weighted by atomic mass is 10.2. The molecule has 1 rings (SSSR count). The van der Waals surface area contributed by atoms with Gasteiger partial charge in [0, 0.05) is 17.6 Å². The van der Waals surface area contributed by atoms with Crippen LogP contribution in [0.3, 0.4) is 0 Å². The number of hydrogen-bond donors (Lipinski definition) is 2. The van der Waals surface area contributed by atoms with Gasteiger partial charge in [0.05, 0.1) is 5.56 Å². The highest BCUT2D eigenvalue weighted by molar-refractivity contribution is 7.89. The summed E-state index contributed by atoms with van der Waals surface area (Å²) in [6.07, 6.45) is 0.656. The Labute approximate surface area is 112 Å². The maximum absolute atomic E-state index is 12.0. The van der Waals surface area contributed by atoms with Crippen molar-refractivity contribution in [3.63, 3.8) is 0 Å². The van der Waals surface area contributed by atoms with E-state index in [-0.39, 0.29) is 28.1 Å². The van der Waals surface area contributed by atoms with Crippen LogP contribution >= 0.6 is 11.6 Å². The minimum absolute atomic E-state index is 0.0527. The molecule has 18 heavy (non-hydrogen) atoms. The van der Waals surface area contributed by atoms with E-state index in [1.807, 2.05) is 13.0 Å². The minimum Gasteiger partial charge on any atom is -0.327 e. The summed E-state index contributed by atoms with van der Waals surface area (Å²) in [4.78, 5) is -0.124. The predicted octanol–water partition coefficient (Wildman–Crippen LogP) is 1.23. The third-order valence-electron chi connectivity index (χ3n) is 2.41. The maximum atomic E-state index is 12.0. The second-order valence-electron chi connectivity index (χ2n) is 3.77. The molecule has 7 heteroatoms. The normalized spacial score (nSPS) is 13.0. The van der Waals surface area contributed by atoms with E-state index in [1.165, 1.54) is 18.2 Å². The fourth-order valence-electron chi connectivity index (χ4n) is 1.25. The van der Waals surface area contributed by atoms with Gasteiger partial charge >= 0.3 is 0 Å². The molecule has 0 saturated carbocycles. The van der Waals surface area contributed by atoms with Crippen molar-refractivity contribution in [2.24, 2.45) is 5.73 Å². The van der Waals surface area contributed by atoms with E-state index < -0.39 is 10.0 Å². The van der Waals surface area contributed by atoms with Crippen LogP contribution in [-0.2, 0) is 10.0 Å². The monoisotopic (exact) mass is 287 g/mol. The van der Waals surface area contributed by atoms with Gasteiger partial charge in [0.1, 0.15) is 11.0 Å². The van der Waals surface area contributed by atoms with Crippen molar-refractivity contribution in [3.05, 3.63) is 28.8 Å². The molecule has 0 aliphatic rings. The van der Waals surface area contributed by atoms with Gasteiger partial charge in [-0.3, -0.25) is 0 Å². The first-order chi connectivity index (χ1) is 8.40.